The zero-order chi connectivity index (χ0) is 12.3. The Morgan fingerprint density at radius 2 is 2.18 bits per heavy atom. The van der Waals surface area contributed by atoms with Crippen LogP contribution in [-0.4, -0.2) is 12.0 Å². The molecule has 1 aromatic rings. The Balaban J connectivity index is 1.94. The van der Waals surface area contributed by atoms with Crippen LogP contribution in [0.25, 0.3) is 0 Å². The number of ether oxygens (including phenoxy) is 1. The molecular formula is C14H19NO2. The molecule has 1 aromatic carbocycles. The van der Waals surface area contributed by atoms with E-state index in [1.807, 2.05) is 37.3 Å². The fourth-order valence-electron chi connectivity index (χ4n) is 2.33. The van der Waals surface area contributed by atoms with E-state index < -0.39 is 5.41 Å². The summed E-state index contributed by atoms with van der Waals surface area (Å²) in [5.41, 5.74) is 6.50. The molecule has 0 amide bonds. The van der Waals surface area contributed by atoms with Gasteiger partial charge in [0.25, 0.3) is 0 Å². The molecule has 3 nitrogen and oxygen atoms in total. The molecule has 0 bridgehead atoms. The SMILES string of the molecule is CC1(C(=O)OCc2ccccc2)CCCC1N. The molecule has 1 aliphatic rings. The molecule has 92 valence electrons. The van der Waals surface area contributed by atoms with Crippen LogP contribution in [0.4, 0.5) is 0 Å². The summed E-state index contributed by atoms with van der Waals surface area (Å²) in [6.07, 6.45) is 2.76. The number of hydrogen-bond donors (Lipinski definition) is 1. The van der Waals surface area contributed by atoms with E-state index >= 15 is 0 Å². The summed E-state index contributed by atoms with van der Waals surface area (Å²) in [7, 11) is 0. The van der Waals surface area contributed by atoms with Crippen molar-refractivity contribution in [3.05, 3.63) is 35.9 Å². The molecule has 0 spiro atoms. The van der Waals surface area contributed by atoms with Crippen molar-refractivity contribution in [2.75, 3.05) is 0 Å². The van der Waals surface area contributed by atoms with Crippen molar-refractivity contribution in [3.8, 4) is 0 Å². The third-order valence-electron chi connectivity index (χ3n) is 3.71. The average molecular weight is 233 g/mol. The molecule has 17 heavy (non-hydrogen) atoms. The second-order valence-corrected chi connectivity index (χ2v) is 4.98. The van der Waals surface area contributed by atoms with Gasteiger partial charge in [-0.2, -0.15) is 0 Å². The van der Waals surface area contributed by atoms with Crippen molar-refractivity contribution >= 4 is 5.97 Å². The summed E-state index contributed by atoms with van der Waals surface area (Å²) < 4.78 is 5.37. The van der Waals surface area contributed by atoms with E-state index in [1.165, 1.54) is 0 Å². The summed E-state index contributed by atoms with van der Waals surface area (Å²) in [5.74, 6) is -0.161. The van der Waals surface area contributed by atoms with E-state index in [4.69, 9.17) is 10.5 Å². The second kappa shape index (κ2) is 4.88. The molecule has 0 radical (unpaired) electrons. The van der Waals surface area contributed by atoms with Gasteiger partial charge in [-0.25, -0.2) is 0 Å². The molecule has 2 atom stereocenters. The molecule has 3 heteroatoms. The molecule has 0 aliphatic heterocycles. The third-order valence-corrected chi connectivity index (χ3v) is 3.71. The van der Waals surface area contributed by atoms with Crippen molar-refractivity contribution in [1.29, 1.82) is 0 Å². The van der Waals surface area contributed by atoms with E-state index in [-0.39, 0.29) is 12.0 Å². The minimum atomic E-state index is -0.491. The first-order valence-corrected chi connectivity index (χ1v) is 6.09. The van der Waals surface area contributed by atoms with Crippen molar-refractivity contribution < 1.29 is 9.53 Å². The van der Waals surface area contributed by atoms with E-state index in [0.717, 1.165) is 24.8 Å². The molecule has 1 aliphatic carbocycles. The number of esters is 1. The Morgan fingerprint density at radius 1 is 1.47 bits per heavy atom. The quantitative estimate of drug-likeness (QED) is 0.815. The first kappa shape index (κ1) is 12.1. The summed E-state index contributed by atoms with van der Waals surface area (Å²) in [5, 5.41) is 0. The minimum Gasteiger partial charge on any atom is -0.460 e. The Morgan fingerprint density at radius 3 is 2.76 bits per heavy atom. The lowest BCUT2D eigenvalue weighted by Gasteiger charge is -2.26. The highest BCUT2D eigenvalue weighted by Crippen LogP contribution is 2.37. The van der Waals surface area contributed by atoms with Gasteiger partial charge in [0, 0.05) is 6.04 Å². The summed E-state index contributed by atoms with van der Waals surface area (Å²) >= 11 is 0. The third kappa shape index (κ3) is 2.50. The molecule has 2 unspecified atom stereocenters. The normalized spacial score (nSPS) is 28.0. The van der Waals surface area contributed by atoms with Crippen LogP contribution in [0.1, 0.15) is 31.7 Å². The van der Waals surface area contributed by atoms with Gasteiger partial charge in [0.05, 0.1) is 5.41 Å². The fraction of sp³-hybridized carbons (Fsp3) is 0.500. The first-order valence-electron chi connectivity index (χ1n) is 6.09. The standard InChI is InChI=1S/C14H19NO2/c1-14(9-5-8-12(14)15)13(16)17-10-11-6-3-2-4-7-11/h2-4,6-7,12H,5,8-10,15H2,1H3. The summed E-state index contributed by atoms with van der Waals surface area (Å²) in [6, 6.07) is 9.65. The van der Waals surface area contributed by atoms with Gasteiger partial charge in [0.15, 0.2) is 0 Å². The lowest BCUT2D eigenvalue weighted by Crippen LogP contribution is -2.42. The van der Waals surface area contributed by atoms with Crippen LogP contribution in [0, 0.1) is 5.41 Å². The van der Waals surface area contributed by atoms with Gasteiger partial charge >= 0.3 is 5.97 Å². The number of carbonyl (C=O) groups excluding carboxylic acids is 1. The highest BCUT2D eigenvalue weighted by atomic mass is 16.5. The monoisotopic (exact) mass is 233 g/mol. The topological polar surface area (TPSA) is 52.3 Å². The van der Waals surface area contributed by atoms with Crippen LogP contribution >= 0.6 is 0 Å². The Labute approximate surface area is 102 Å². The zero-order valence-electron chi connectivity index (χ0n) is 10.2. The molecule has 2 rings (SSSR count). The molecule has 2 N–H and O–H groups in total. The predicted octanol–water partition coefficient (Wildman–Crippen LogP) is 2.25. The van der Waals surface area contributed by atoms with Crippen molar-refractivity contribution in [1.82, 2.24) is 0 Å². The number of rotatable bonds is 3. The highest BCUT2D eigenvalue weighted by Gasteiger charge is 2.44. The largest absolute Gasteiger partial charge is 0.460 e. The van der Waals surface area contributed by atoms with Crippen LogP contribution < -0.4 is 5.73 Å². The van der Waals surface area contributed by atoms with Crippen LogP contribution in [0.3, 0.4) is 0 Å². The lowest BCUT2D eigenvalue weighted by atomic mass is 9.85. The van der Waals surface area contributed by atoms with Gasteiger partial charge in [-0.05, 0) is 25.3 Å². The second-order valence-electron chi connectivity index (χ2n) is 4.98. The Hall–Kier alpha value is -1.35. The van der Waals surface area contributed by atoms with E-state index in [1.54, 1.807) is 0 Å². The van der Waals surface area contributed by atoms with Crippen molar-refractivity contribution in [2.24, 2.45) is 11.1 Å². The van der Waals surface area contributed by atoms with Crippen LogP contribution in [0.5, 0.6) is 0 Å². The molecule has 1 fully saturated rings. The molecule has 0 heterocycles. The van der Waals surface area contributed by atoms with Crippen LogP contribution in [0.15, 0.2) is 30.3 Å². The maximum atomic E-state index is 12.0. The van der Waals surface area contributed by atoms with Crippen molar-refractivity contribution in [3.63, 3.8) is 0 Å². The van der Waals surface area contributed by atoms with E-state index in [0.29, 0.717) is 6.61 Å². The van der Waals surface area contributed by atoms with E-state index in [2.05, 4.69) is 0 Å². The van der Waals surface area contributed by atoms with Gasteiger partial charge in [0.2, 0.25) is 0 Å². The lowest BCUT2D eigenvalue weighted by molar-refractivity contribution is -0.156. The smallest absolute Gasteiger partial charge is 0.313 e. The minimum absolute atomic E-state index is 0.0641. The van der Waals surface area contributed by atoms with Crippen LogP contribution in [0.2, 0.25) is 0 Å². The number of nitrogens with two attached hydrogens (primary N) is 1. The van der Waals surface area contributed by atoms with Gasteiger partial charge in [-0.15, -0.1) is 0 Å². The van der Waals surface area contributed by atoms with E-state index in [9.17, 15) is 4.79 Å². The number of hydrogen-bond acceptors (Lipinski definition) is 3. The van der Waals surface area contributed by atoms with Gasteiger partial charge < -0.3 is 10.5 Å². The maximum absolute atomic E-state index is 12.0. The fourth-order valence-corrected chi connectivity index (χ4v) is 2.33. The maximum Gasteiger partial charge on any atom is 0.313 e. The first-order chi connectivity index (χ1) is 8.13. The molecule has 0 saturated heterocycles. The van der Waals surface area contributed by atoms with Crippen LogP contribution in [-0.2, 0) is 16.1 Å². The summed E-state index contributed by atoms with van der Waals surface area (Å²) in [6.45, 7) is 2.25. The summed E-state index contributed by atoms with van der Waals surface area (Å²) in [4.78, 5) is 12.0. The number of carbonyl (C=O) groups is 1. The molecular weight excluding hydrogens is 214 g/mol. The average Bonchev–Trinajstić information content (AvgIpc) is 2.69. The Bertz CT molecular complexity index is 390. The predicted molar refractivity (Wildman–Crippen MR) is 66.2 cm³/mol. The van der Waals surface area contributed by atoms with Gasteiger partial charge in [-0.1, -0.05) is 36.8 Å². The van der Waals surface area contributed by atoms with Gasteiger partial charge in [-0.3, -0.25) is 4.79 Å². The highest BCUT2D eigenvalue weighted by molar-refractivity contribution is 5.77. The Kier molecular flexibility index (Phi) is 3.48. The molecule has 1 saturated carbocycles. The number of benzene rings is 1. The van der Waals surface area contributed by atoms with Crippen molar-refractivity contribution in [2.45, 2.75) is 38.8 Å². The van der Waals surface area contributed by atoms with Gasteiger partial charge in [0.1, 0.15) is 6.61 Å². The molecule has 0 aromatic heterocycles. The zero-order valence-corrected chi connectivity index (χ0v) is 10.2.